The fourth-order valence-corrected chi connectivity index (χ4v) is 3.44. The molecule has 2 heterocycles. The van der Waals surface area contributed by atoms with Crippen molar-refractivity contribution in [1.29, 1.82) is 0 Å². The molecule has 0 spiro atoms. The quantitative estimate of drug-likeness (QED) is 0.438. The van der Waals surface area contributed by atoms with E-state index < -0.39 is 0 Å². The number of ether oxygens (including phenoxy) is 4. The minimum absolute atomic E-state index is 0.00912. The number of fused-ring (bicyclic) bond motifs is 2. The van der Waals surface area contributed by atoms with E-state index in [1.165, 1.54) is 0 Å². The Morgan fingerprint density at radius 2 is 1.68 bits per heavy atom. The Labute approximate surface area is 112 Å². The molecule has 2 saturated heterocycles. The summed E-state index contributed by atoms with van der Waals surface area (Å²) in [5, 5.41) is 0. The van der Waals surface area contributed by atoms with E-state index in [1.54, 1.807) is 0 Å². The van der Waals surface area contributed by atoms with Gasteiger partial charge in [-0.2, -0.15) is 0 Å². The van der Waals surface area contributed by atoms with Crippen molar-refractivity contribution in [1.82, 2.24) is 0 Å². The van der Waals surface area contributed by atoms with Gasteiger partial charge in [-0.3, -0.25) is 4.79 Å². The highest BCUT2D eigenvalue weighted by Gasteiger charge is 2.46. The molecular formula is C14H20O5. The number of carbonyl (C=O) groups excluding carboxylic acids is 1. The van der Waals surface area contributed by atoms with Gasteiger partial charge in [-0.25, -0.2) is 0 Å². The summed E-state index contributed by atoms with van der Waals surface area (Å²) in [4.78, 5) is 11.9. The first-order valence-corrected chi connectivity index (χ1v) is 7.39. The van der Waals surface area contributed by atoms with Gasteiger partial charge in [0.2, 0.25) is 0 Å². The van der Waals surface area contributed by atoms with Crippen LogP contribution in [0.3, 0.4) is 0 Å². The third kappa shape index (κ3) is 2.64. The van der Waals surface area contributed by atoms with E-state index in [-0.39, 0.29) is 24.8 Å². The van der Waals surface area contributed by atoms with Crippen molar-refractivity contribution in [3.8, 4) is 0 Å². The Kier molecular flexibility index (Phi) is 3.01. The topological polar surface area (TPSA) is 60.6 Å². The predicted molar refractivity (Wildman–Crippen MR) is 64.3 cm³/mol. The molecule has 106 valence electrons. The molecule has 0 radical (unpaired) electrons. The maximum Gasteiger partial charge on any atom is 0.311 e. The molecule has 5 nitrogen and oxygen atoms in total. The number of epoxide rings is 2. The number of hydrogen-bond acceptors (Lipinski definition) is 5. The van der Waals surface area contributed by atoms with E-state index in [9.17, 15) is 4.79 Å². The number of carbonyl (C=O) groups is 1. The lowest BCUT2D eigenvalue weighted by Gasteiger charge is -2.21. The predicted octanol–water partition coefficient (Wildman–Crippen LogP) is 1.39. The van der Waals surface area contributed by atoms with Crippen LogP contribution in [0, 0.1) is 5.92 Å². The fourth-order valence-electron chi connectivity index (χ4n) is 3.44. The molecule has 4 aliphatic rings. The van der Waals surface area contributed by atoms with Gasteiger partial charge in [0.05, 0.1) is 36.4 Å². The first kappa shape index (κ1) is 12.1. The zero-order valence-electron chi connectivity index (χ0n) is 11.0. The normalized spacial score (nSPS) is 46.9. The van der Waals surface area contributed by atoms with Crippen LogP contribution < -0.4 is 0 Å². The minimum Gasteiger partial charge on any atom is -0.438 e. The summed E-state index contributed by atoms with van der Waals surface area (Å²) < 4.78 is 21.7. The monoisotopic (exact) mass is 268 g/mol. The largest absolute Gasteiger partial charge is 0.438 e. The minimum atomic E-state index is -0.120. The van der Waals surface area contributed by atoms with Gasteiger partial charge in [0.25, 0.3) is 0 Å². The van der Waals surface area contributed by atoms with Crippen LogP contribution in [0.15, 0.2) is 0 Å². The number of rotatable bonds is 4. The Hall–Kier alpha value is -0.650. The van der Waals surface area contributed by atoms with Gasteiger partial charge in [-0.05, 0) is 32.1 Å². The van der Waals surface area contributed by atoms with Gasteiger partial charge in [0.15, 0.2) is 6.79 Å². The maximum absolute atomic E-state index is 11.9. The molecule has 2 aliphatic heterocycles. The van der Waals surface area contributed by atoms with Crippen LogP contribution in [0.1, 0.15) is 38.5 Å². The lowest BCUT2D eigenvalue weighted by Crippen LogP contribution is -2.27. The third-order valence-corrected chi connectivity index (χ3v) is 4.80. The van der Waals surface area contributed by atoms with Crippen molar-refractivity contribution >= 4 is 5.97 Å². The van der Waals surface area contributed by atoms with Gasteiger partial charge in [-0.15, -0.1) is 0 Å². The van der Waals surface area contributed by atoms with E-state index in [0.29, 0.717) is 24.4 Å². The van der Waals surface area contributed by atoms with Crippen molar-refractivity contribution in [3.05, 3.63) is 0 Å². The zero-order chi connectivity index (χ0) is 12.8. The van der Waals surface area contributed by atoms with Crippen molar-refractivity contribution in [2.24, 2.45) is 5.92 Å². The van der Waals surface area contributed by atoms with Crippen molar-refractivity contribution in [2.75, 3.05) is 6.79 Å². The smallest absolute Gasteiger partial charge is 0.311 e. The van der Waals surface area contributed by atoms with Crippen LogP contribution in [0.2, 0.25) is 0 Å². The first-order chi connectivity index (χ1) is 9.29. The molecule has 4 rings (SSSR count). The van der Waals surface area contributed by atoms with E-state index in [1.807, 2.05) is 0 Å². The summed E-state index contributed by atoms with van der Waals surface area (Å²) >= 11 is 0. The van der Waals surface area contributed by atoms with E-state index in [2.05, 4.69) is 0 Å². The SMILES string of the molecule is O=C(OCOC1CCC2OC2C1)C1CCC2OC2C1. The standard InChI is InChI=1S/C14H20O5/c15-14(8-1-3-10-12(5-8)18-10)17-7-16-9-2-4-11-13(6-9)19-11/h8-13H,1-7H2. The van der Waals surface area contributed by atoms with E-state index >= 15 is 0 Å². The highest BCUT2D eigenvalue weighted by Crippen LogP contribution is 2.40. The van der Waals surface area contributed by atoms with Crippen LogP contribution in [-0.4, -0.2) is 43.3 Å². The molecule has 6 atom stereocenters. The molecule has 2 aliphatic carbocycles. The summed E-state index contributed by atoms with van der Waals surface area (Å²) in [6.07, 6.45) is 7.56. The van der Waals surface area contributed by atoms with Crippen molar-refractivity contribution in [2.45, 2.75) is 69.0 Å². The summed E-state index contributed by atoms with van der Waals surface area (Å²) in [5.74, 6) is -0.111. The average molecular weight is 268 g/mol. The van der Waals surface area contributed by atoms with Crippen LogP contribution in [0.5, 0.6) is 0 Å². The molecule has 0 N–H and O–H groups in total. The molecule has 19 heavy (non-hydrogen) atoms. The lowest BCUT2D eigenvalue weighted by atomic mass is 9.89. The molecule has 0 bridgehead atoms. The Bertz CT molecular complexity index is 371. The van der Waals surface area contributed by atoms with Gasteiger partial charge >= 0.3 is 5.97 Å². The van der Waals surface area contributed by atoms with Crippen LogP contribution >= 0.6 is 0 Å². The second kappa shape index (κ2) is 4.72. The second-order valence-electron chi connectivity index (χ2n) is 6.12. The lowest BCUT2D eigenvalue weighted by molar-refractivity contribution is -0.167. The van der Waals surface area contributed by atoms with Gasteiger partial charge in [-0.1, -0.05) is 0 Å². The summed E-state index contributed by atoms with van der Waals surface area (Å²) in [6.45, 7) is 0.0896. The summed E-state index contributed by atoms with van der Waals surface area (Å²) in [5.41, 5.74) is 0. The molecular weight excluding hydrogens is 248 g/mol. The van der Waals surface area contributed by atoms with Crippen LogP contribution in [-0.2, 0) is 23.7 Å². The molecule has 0 aromatic heterocycles. The number of esters is 1. The van der Waals surface area contributed by atoms with E-state index in [4.69, 9.17) is 18.9 Å². The highest BCUT2D eigenvalue weighted by atomic mass is 16.7. The molecule has 6 unspecified atom stereocenters. The van der Waals surface area contributed by atoms with Crippen LogP contribution in [0.4, 0.5) is 0 Å². The summed E-state index contributed by atoms with van der Waals surface area (Å²) in [6, 6.07) is 0. The van der Waals surface area contributed by atoms with Crippen molar-refractivity contribution < 1.29 is 23.7 Å². The van der Waals surface area contributed by atoms with E-state index in [0.717, 1.165) is 38.5 Å². The average Bonchev–Trinajstić information content (AvgIpc) is 3.31. The Morgan fingerprint density at radius 1 is 0.947 bits per heavy atom. The zero-order valence-corrected chi connectivity index (χ0v) is 11.0. The third-order valence-electron chi connectivity index (χ3n) is 4.80. The second-order valence-corrected chi connectivity index (χ2v) is 6.12. The fraction of sp³-hybridized carbons (Fsp3) is 0.929. The summed E-state index contributed by atoms with van der Waals surface area (Å²) in [7, 11) is 0. The molecule has 0 amide bonds. The Balaban J connectivity index is 1.16. The molecule has 0 aromatic rings. The number of hydrogen-bond donors (Lipinski definition) is 0. The van der Waals surface area contributed by atoms with Gasteiger partial charge < -0.3 is 18.9 Å². The van der Waals surface area contributed by atoms with Crippen molar-refractivity contribution in [3.63, 3.8) is 0 Å². The molecule has 4 fully saturated rings. The highest BCUT2D eigenvalue weighted by molar-refractivity contribution is 5.72. The van der Waals surface area contributed by atoms with Crippen LogP contribution in [0.25, 0.3) is 0 Å². The molecule has 5 heteroatoms. The van der Waals surface area contributed by atoms with Gasteiger partial charge in [0, 0.05) is 6.42 Å². The maximum atomic E-state index is 11.9. The Morgan fingerprint density at radius 3 is 2.42 bits per heavy atom. The first-order valence-electron chi connectivity index (χ1n) is 7.39. The van der Waals surface area contributed by atoms with Gasteiger partial charge in [0.1, 0.15) is 0 Å². The molecule has 0 aromatic carbocycles. The molecule has 2 saturated carbocycles.